The van der Waals surface area contributed by atoms with Crippen molar-refractivity contribution in [3.63, 3.8) is 0 Å². The zero-order valence-electron chi connectivity index (χ0n) is 12.1. The smallest absolute Gasteiger partial charge is 0.263 e. The molecular weight excluding hydrogens is 268 g/mol. The van der Waals surface area contributed by atoms with Gasteiger partial charge in [-0.2, -0.15) is 0 Å². The maximum atomic E-state index is 11.8. The normalized spacial score (nSPS) is 10.2. The molecule has 2 N–H and O–H groups in total. The Hall–Kier alpha value is -2.40. The van der Waals surface area contributed by atoms with Crippen molar-refractivity contribution in [1.82, 2.24) is 4.98 Å². The third kappa shape index (κ3) is 4.29. The van der Waals surface area contributed by atoms with Crippen molar-refractivity contribution in [3.8, 4) is 5.75 Å². The van der Waals surface area contributed by atoms with E-state index in [1.165, 1.54) is 6.20 Å². The molecule has 1 aromatic heterocycles. The van der Waals surface area contributed by atoms with Crippen molar-refractivity contribution in [2.45, 2.75) is 20.5 Å². The summed E-state index contributed by atoms with van der Waals surface area (Å²) in [6.45, 7) is 3.76. The summed E-state index contributed by atoms with van der Waals surface area (Å²) >= 11 is 0. The second-order valence-corrected chi connectivity index (χ2v) is 4.82. The lowest BCUT2D eigenvalue weighted by Crippen LogP contribution is -2.21. The number of aromatic nitrogens is 1. The zero-order valence-corrected chi connectivity index (χ0v) is 12.1. The first-order valence-corrected chi connectivity index (χ1v) is 6.64. The van der Waals surface area contributed by atoms with Gasteiger partial charge in [-0.1, -0.05) is 18.2 Å². The molecule has 0 radical (unpaired) electrons. The number of aliphatic hydroxyl groups excluding tert-OH is 1. The Labute approximate surface area is 123 Å². The van der Waals surface area contributed by atoms with Gasteiger partial charge in [-0.15, -0.1) is 0 Å². The summed E-state index contributed by atoms with van der Waals surface area (Å²) in [5.41, 5.74) is 2.76. The van der Waals surface area contributed by atoms with Crippen LogP contribution in [0.5, 0.6) is 5.75 Å². The predicted octanol–water partition coefficient (Wildman–Crippen LogP) is 2.21. The van der Waals surface area contributed by atoms with E-state index in [4.69, 9.17) is 9.84 Å². The van der Waals surface area contributed by atoms with E-state index in [1.54, 1.807) is 12.1 Å². The van der Waals surface area contributed by atoms with Crippen molar-refractivity contribution < 1.29 is 14.6 Å². The van der Waals surface area contributed by atoms with Crippen molar-refractivity contribution in [2.75, 3.05) is 11.9 Å². The minimum absolute atomic E-state index is 0.0724. The molecule has 5 nitrogen and oxygen atoms in total. The average molecular weight is 286 g/mol. The molecule has 0 spiro atoms. The summed E-state index contributed by atoms with van der Waals surface area (Å²) < 4.78 is 5.52. The second kappa shape index (κ2) is 6.85. The van der Waals surface area contributed by atoms with Crippen molar-refractivity contribution in [3.05, 3.63) is 53.2 Å². The quantitative estimate of drug-likeness (QED) is 0.884. The maximum Gasteiger partial charge on any atom is 0.263 e. The summed E-state index contributed by atoms with van der Waals surface area (Å²) in [5, 5.41) is 11.6. The number of hydrogen-bond acceptors (Lipinski definition) is 4. The number of ether oxygens (including phenoxy) is 1. The summed E-state index contributed by atoms with van der Waals surface area (Å²) in [6.07, 6.45) is 1.52. The first-order valence-electron chi connectivity index (χ1n) is 6.64. The fourth-order valence-corrected chi connectivity index (χ4v) is 1.78. The van der Waals surface area contributed by atoms with Gasteiger partial charge in [0.1, 0.15) is 11.6 Å². The van der Waals surface area contributed by atoms with Crippen LogP contribution >= 0.6 is 0 Å². The average Bonchev–Trinajstić information content (AvgIpc) is 2.49. The lowest BCUT2D eigenvalue weighted by atomic mass is 10.1. The van der Waals surface area contributed by atoms with Gasteiger partial charge in [0.05, 0.1) is 6.61 Å². The summed E-state index contributed by atoms with van der Waals surface area (Å²) in [6, 6.07) is 9.19. The van der Waals surface area contributed by atoms with Crippen LogP contribution in [0.3, 0.4) is 0 Å². The van der Waals surface area contributed by atoms with E-state index in [0.717, 1.165) is 11.1 Å². The van der Waals surface area contributed by atoms with E-state index >= 15 is 0 Å². The second-order valence-electron chi connectivity index (χ2n) is 4.82. The van der Waals surface area contributed by atoms with Crippen LogP contribution in [0.1, 0.15) is 16.7 Å². The van der Waals surface area contributed by atoms with Gasteiger partial charge in [0.25, 0.3) is 5.91 Å². The first kappa shape index (κ1) is 15.0. The molecule has 1 heterocycles. The molecule has 5 heteroatoms. The highest BCUT2D eigenvalue weighted by molar-refractivity contribution is 5.90. The lowest BCUT2D eigenvalue weighted by molar-refractivity contribution is -0.118. The van der Waals surface area contributed by atoms with Gasteiger partial charge < -0.3 is 15.2 Å². The van der Waals surface area contributed by atoms with Gasteiger partial charge in [0.15, 0.2) is 6.61 Å². The molecule has 0 aliphatic carbocycles. The number of aliphatic hydroxyl groups is 1. The Morgan fingerprint density at radius 2 is 2.10 bits per heavy atom. The monoisotopic (exact) mass is 286 g/mol. The Morgan fingerprint density at radius 1 is 1.29 bits per heavy atom. The maximum absolute atomic E-state index is 11.8. The van der Waals surface area contributed by atoms with Gasteiger partial charge >= 0.3 is 0 Å². The van der Waals surface area contributed by atoms with Crippen LogP contribution < -0.4 is 10.1 Å². The van der Waals surface area contributed by atoms with Crippen LogP contribution in [-0.2, 0) is 11.4 Å². The number of carbonyl (C=O) groups is 1. The highest BCUT2D eigenvalue weighted by Crippen LogP contribution is 2.19. The van der Waals surface area contributed by atoms with Crippen LogP contribution in [0.25, 0.3) is 0 Å². The molecule has 21 heavy (non-hydrogen) atoms. The van der Waals surface area contributed by atoms with E-state index in [9.17, 15) is 4.79 Å². The summed E-state index contributed by atoms with van der Waals surface area (Å²) in [5.74, 6) is 0.857. The molecule has 0 unspecified atom stereocenters. The van der Waals surface area contributed by atoms with E-state index in [0.29, 0.717) is 17.1 Å². The lowest BCUT2D eigenvalue weighted by Gasteiger charge is -2.10. The fourth-order valence-electron chi connectivity index (χ4n) is 1.78. The van der Waals surface area contributed by atoms with Crippen LogP contribution in [0, 0.1) is 13.8 Å². The number of nitrogens with zero attached hydrogens (tertiary/aromatic N) is 1. The first-order chi connectivity index (χ1) is 10.1. The molecule has 0 aliphatic rings. The highest BCUT2D eigenvalue weighted by atomic mass is 16.5. The third-order valence-electron chi connectivity index (χ3n) is 2.98. The molecule has 0 fully saturated rings. The molecule has 0 saturated heterocycles. The van der Waals surface area contributed by atoms with Gasteiger partial charge in [-0.3, -0.25) is 4.79 Å². The van der Waals surface area contributed by atoms with Crippen molar-refractivity contribution >= 4 is 11.7 Å². The van der Waals surface area contributed by atoms with Crippen LogP contribution in [0.15, 0.2) is 36.5 Å². The van der Waals surface area contributed by atoms with E-state index in [-0.39, 0.29) is 19.1 Å². The number of nitrogens with one attached hydrogen (secondary N) is 1. The molecule has 1 amide bonds. The number of hydrogen-bond donors (Lipinski definition) is 2. The van der Waals surface area contributed by atoms with Crippen LogP contribution in [0.2, 0.25) is 0 Å². The van der Waals surface area contributed by atoms with E-state index in [1.807, 2.05) is 32.0 Å². The fraction of sp³-hybridized carbons (Fsp3) is 0.250. The van der Waals surface area contributed by atoms with Gasteiger partial charge in [-0.05, 0) is 42.7 Å². The standard InChI is InChI=1S/C16H18N2O3/c1-11-3-4-12(2)14(7-11)21-10-16(20)18-15-6-5-13(9-19)8-17-15/h3-8,19H,9-10H2,1-2H3,(H,17,18,20). The van der Waals surface area contributed by atoms with Crippen molar-refractivity contribution in [1.29, 1.82) is 0 Å². The number of pyridine rings is 1. The molecule has 0 aliphatic heterocycles. The number of anilines is 1. The summed E-state index contributed by atoms with van der Waals surface area (Å²) in [7, 11) is 0. The third-order valence-corrected chi connectivity index (χ3v) is 2.98. The highest BCUT2D eigenvalue weighted by Gasteiger charge is 2.06. The van der Waals surface area contributed by atoms with Gasteiger partial charge in [-0.25, -0.2) is 4.98 Å². The minimum Gasteiger partial charge on any atom is -0.483 e. The number of amides is 1. The van der Waals surface area contributed by atoms with Gasteiger partial charge in [0, 0.05) is 6.20 Å². The number of carbonyl (C=O) groups excluding carboxylic acids is 1. The Bertz CT molecular complexity index is 624. The molecule has 0 atom stereocenters. The molecule has 0 bridgehead atoms. The Balaban J connectivity index is 1.91. The Morgan fingerprint density at radius 3 is 2.76 bits per heavy atom. The largest absolute Gasteiger partial charge is 0.483 e. The minimum atomic E-state index is -0.278. The topological polar surface area (TPSA) is 71.5 Å². The van der Waals surface area contributed by atoms with Gasteiger partial charge in [0.2, 0.25) is 0 Å². The Kier molecular flexibility index (Phi) is 4.90. The molecule has 1 aromatic carbocycles. The molecule has 110 valence electrons. The number of aryl methyl sites for hydroxylation is 2. The number of benzene rings is 1. The summed E-state index contributed by atoms with van der Waals surface area (Å²) in [4.78, 5) is 15.8. The van der Waals surface area contributed by atoms with Crippen molar-refractivity contribution in [2.24, 2.45) is 0 Å². The molecular formula is C16H18N2O3. The van der Waals surface area contributed by atoms with Crippen LogP contribution in [-0.4, -0.2) is 22.6 Å². The molecule has 0 saturated carbocycles. The SMILES string of the molecule is Cc1ccc(C)c(OCC(=O)Nc2ccc(CO)cn2)c1. The number of rotatable bonds is 5. The zero-order chi connectivity index (χ0) is 15.2. The molecule has 2 aromatic rings. The molecule has 2 rings (SSSR count). The van der Waals surface area contributed by atoms with E-state index in [2.05, 4.69) is 10.3 Å². The van der Waals surface area contributed by atoms with Crippen LogP contribution in [0.4, 0.5) is 5.82 Å². The van der Waals surface area contributed by atoms with E-state index < -0.39 is 0 Å². The predicted molar refractivity (Wildman–Crippen MR) is 80.2 cm³/mol.